The van der Waals surface area contributed by atoms with E-state index in [2.05, 4.69) is 5.32 Å². The number of piperazine rings is 1. The number of carboxylic acid groups (broad SMARTS) is 1. The number of hydrogen-bond acceptors (Lipinski definition) is 5. The highest BCUT2D eigenvalue weighted by Gasteiger charge is 2.39. The molecule has 0 aromatic rings. The number of amides is 4. The number of nitrogens with one attached hydrogen (secondary N) is 1. The molecule has 10 heteroatoms. The molecule has 2 N–H and O–H groups in total. The fourth-order valence-corrected chi connectivity index (χ4v) is 4.43. The van der Waals surface area contributed by atoms with Crippen LogP contribution in [0.15, 0.2) is 0 Å². The van der Waals surface area contributed by atoms with Gasteiger partial charge in [-0.3, -0.25) is 14.5 Å². The third kappa shape index (κ3) is 7.23. The van der Waals surface area contributed by atoms with Crippen molar-refractivity contribution in [3.63, 3.8) is 0 Å². The first-order valence-corrected chi connectivity index (χ1v) is 11.9. The van der Waals surface area contributed by atoms with Crippen LogP contribution >= 0.6 is 0 Å². The first kappa shape index (κ1) is 26.7. The van der Waals surface area contributed by atoms with Crippen molar-refractivity contribution in [1.29, 1.82) is 0 Å². The Morgan fingerprint density at radius 3 is 2.21 bits per heavy atom. The van der Waals surface area contributed by atoms with E-state index in [1.807, 2.05) is 6.92 Å². The quantitative estimate of drug-likeness (QED) is 0.640. The van der Waals surface area contributed by atoms with Crippen molar-refractivity contribution in [3.05, 3.63) is 0 Å². The lowest BCUT2D eigenvalue weighted by Gasteiger charge is -2.42. The highest BCUT2D eigenvalue weighted by atomic mass is 16.6. The summed E-state index contributed by atoms with van der Waals surface area (Å²) in [4.78, 5) is 54.6. The maximum Gasteiger partial charge on any atom is 0.410 e. The lowest BCUT2D eigenvalue weighted by atomic mass is 9.83. The molecule has 0 aromatic carbocycles. The second kappa shape index (κ2) is 11.1. The first-order valence-electron chi connectivity index (χ1n) is 11.9. The van der Waals surface area contributed by atoms with Gasteiger partial charge in [0.05, 0.1) is 0 Å². The Balaban J connectivity index is 2.13. The second-order valence-electron chi connectivity index (χ2n) is 10.3. The SMILES string of the molecule is CC(C(=O)NC(C(=O)N1CCN(C(=O)O)C[C@H]1C)C1CCCCC1)N(C)C(=O)OC(C)(C)C. The molecule has 33 heavy (non-hydrogen) atoms. The molecular formula is C23H40N4O6. The average Bonchev–Trinajstić information content (AvgIpc) is 2.75. The van der Waals surface area contributed by atoms with Gasteiger partial charge in [0.1, 0.15) is 17.7 Å². The summed E-state index contributed by atoms with van der Waals surface area (Å²) >= 11 is 0. The Kier molecular flexibility index (Phi) is 8.97. The lowest BCUT2D eigenvalue weighted by Crippen LogP contribution is -2.62. The van der Waals surface area contributed by atoms with Crippen LogP contribution < -0.4 is 5.32 Å². The Hall–Kier alpha value is -2.52. The normalized spacial score (nSPS) is 21.7. The molecule has 2 fully saturated rings. The molecule has 2 aliphatic rings. The molecule has 0 spiro atoms. The van der Waals surface area contributed by atoms with Crippen LogP contribution in [0.25, 0.3) is 0 Å². The van der Waals surface area contributed by atoms with Crippen molar-refractivity contribution in [3.8, 4) is 0 Å². The Morgan fingerprint density at radius 1 is 1.09 bits per heavy atom. The van der Waals surface area contributed by atoms with E-state index in [-0.39, 0.29) is 31.0 Å². The Morgan fingerprint density at radius 2 is 1.70 bits per heavy atom. The van der Waals surface area contributed by atoms with Crippen LogP contribution in [0.4, 0.5) is 9.59 Å². The van der Waals surface area contributed by atoms with Gasteiger partial charge >= 0.3 is 12.2 Å². The largest absolute Gasteiger partial charge is 0.465 e. The van der Waals surface area contributed by atoms with Gasteiger partial charge in [-0.15, -0.1) is 0 Å². The van der Waals surface area contributed by atoms with Gasteiger partial charge in [0.2, 0.25) is 11.8 Å². The third-order valence-electron chi connectivity index (χ3n) is 6.51. The molecule has 0 aromatic heterocycles. The summed E-state index contributed by atoms with van der Waals surface area (Å²) < 4.78 is 5.36. The minimum Gasteiger partial charge on any atom is -0.465 e. The molecule has 0 radical (unpaired) electrons. The minimum atomic E-state index is -0.995. The van der Waals surface area contributed by atoms with Crippen molar-refractivity contribution in [2.24, 2.45) is 5.92 Å². The summed E-state index contributed by atoms with van der Waals surface area (Å²) in [5.41, 5.74) is -0.684. The fourth-order valence-electron chi connectivity index (χ4n) is 4.43. The molecule has 10 nitrogen and oxygen atoms in total. The van der Waals surface area contributed by atoms with E-state index >= 15 is 0 Å². The van der Waals surface area contributed by atoms with Crippen molar-refractivity contribution < 1.29 is 29.0 Å². The van der Waals surface area contributed by atoms with E-state index in [9.17, 15) is 24.3 Å². The molecule has 1 aliphatic heterocycles. The molecule has 1 saturated heterocycles. The van der Waals surface area contributed by atoms with E-state index in [1.165, 1.54) is 16.8 Å². The van der Waals surface area contributed by atoms with Crippen molar-refractivity contribution >= 4 is 24.0 Å². The summed E-state index contributed by atoms with van der Waals surface area (Å²) in [6.07, 6.45) is 3.19. The van der Waals surface area contributed by atoms with Gasteiger partial charge in [-0.25, -0.2) is 9.59 Å². The van der Waals surface area contributed by atoms with E-state index in [1.54, 1.807) is 32.6 Å². The minimum absolute atomic E-state index is 0.0129. The smallest absolute Gasteiger partial charge is 0.410 e. The Labute approximate surface area is 196 Å². The van der Waals surface area contributed by atoms with Crippen LogP contribution in [-0.4, -0.2) is 94.2 Å². The average molecular weight is 469 g/mol. The zero-order chi connectivity index (χ0) is 24.9. The number of carbonyl (C=O) groups excluding carboxylic acids is 3. The van der Waals surface area contributed by atoms with Crippen LogP contribution in [0.3, 0.4) is 0 Å². The van der Waals surface area contributed by atoms with E-state index in [0.29, 0.717) is 6.54 Å². The molecule has 1 aliphatic carbocycles. The zero-order valence-corrected chi connectivity index (χ0v) is 20.8. The van der Waals surface area contributed by atoms with Gasteiger partial charge in [-0.2, -0.15) is 0 Å². The van der Waals surface area contributed by atoms with E-state index in [0.717, 1.165) is 32.1 Å². The van der Waals surface area contributed by atoms with Gasteiger partial charge in [0.15, 0.2) is 0 Å². The van der Waals surface area contributed by atoms with Crippen molar-refractivity contribution in [1.82, 2.24) is 20.0 Å². The molecular weight excluding hydrogens is 428 g/mol. The van der Waals surface area contributed by atoms with Gasteiger partial charge < -0.3 is 25.0 Å². The number of likely N-dealkylation sites (N-methyl/N-ethyl adjacent to an activating group) is 1. The van der Waals surface area contributed by atoms with Crippen molar-refractivity contribution in [2.75, 3.05) is 26.7 Å². The maximum absolute atomic E-state index is 13.6. The molecule has 4 amide bonds. The summed E-state index contributed by atoms with van der Waals surface area (Å²) in [5, 5.41) is 12.2. The van der Waals surface area contributed by atoms with Crippen LogP contribution in [-0.2, 0) is 14.3 Å². The molecule has 3 atom stereocenters. The summed E-state index contributed by atoms with van der Waals surface area (Å²) in [5.74, 6) is -0.581. The predicted octanol–water partition coefficient (Wildman–Crippen LogP) is 2.52. The Bertz CT molecular complexity index is 731. The molecule has 0 bridgehead atoms. The summed E-state index contributed by atoms with van der Waals surface area (Å²) in [6.45, 7) is 9.48. The second-order valence-corrected chi connectivity index (χ2v) is 10.3. The van der Waals surface area contributed by atoms with Gasteiger partial charge in [-0.1, -0.05) is 19.3 Å². The molecule has 188 valence electrons. The number of rotatable bonds is 5. The summed E-state index contributed by atoms with van der Waals surface area (Å²) in [7, 11) is 1.50. The van der Waals surface area contributed by atoms with Crippen LogP contribution in [0.5, 0.6) is 0 Å². The van der Waals surface area contributed by atoms with E-state index in [4.69, 9.17) is 4.74 Å². The van der Waals surface area contributed by atoms with E-state index < -0.39 is 35.8 Å². The van der Waals surface area contributed by atoms with Crippen LogP contribution in [0, 0.1) is 5.92 Å². The number of ether oxygens (including phenoxy) is 1. The first-order chi connectivity index (χ1) is 15.3. The third-order valence-corrected chi connectivity index (χ3v) is 6.51. The molecule has 1 saturated carbocycles. The van der Waals surface area contributed by atoms with Gasteiger partial charge in [-0.05, 0) is 53.4 Å². The number of hydrogen-bond donors (Lipinski definition) is 2. The topological polar surface area (TPSA) is 119 Å². The maximum atomic E-state index is 13.6. The van der Waals surface area contributed by atoms with Gasteiger partial charge in [0, 0.05) is 32.7 Å². The predicted molar refractivity (Wildman–Crippen MR) is 123 cm³/mol. The van der Waals surface area contributed by atoms with Crippen molar-refractivity contribution in [2.45, 2.75) is 90.4 Å². The molecule has 1 heterocycles. The highest BCUT2D eigenvalue weighted by Crippen LogP contribution is 2.28. The lowest BCUT2D eigenvalue weighted by molar-refractivity contribution is -0.142. The number of carbonyl (C=O) groups is 4. The highest BCUT2D eigenvalue weighted by molar-refractivity contribution is 5.91. The standard InChI is InChI=1S/C23H40N4O6/c1-15-14-26(21(30)31)12-13-27(15)20(29)18(17-10-8-7-9-11-17)24-19(28)16(2)25(6)22(32)33-23(3,4)5/h15-18H,7-14H2,1-6H3,(H,24,28)(H,30,31)/t15-,16?,18?/m1/s1. The van der Waals surface area contributed by atoms with Crippen LogP contribution in [0.1, 0.15) is 66.7 Å². The fraction of sp³-hybridized carbons (Fsp3) is 0.826. The summed E-state index contributed by atoms with van der Waals surface area (Å²) in [6, 6.07) is -1.81. The molecule has 2 unspecified atom stereocenters. The van der Waals surface area contributed by atoms with Crippen LogP contribution in [0.2, 0.25) is 0 Å². The monoisotopic (exact) mass is 468 g/mol. The number of nitrogens with zero attached hydrogens (tertiary/aromatic N) is 3. The zero-order valence-electron chi connectivity index (χ0n) is 20.8. The van der Waals surface area contributed by atoms with Gasteiger partial charge in [0.25, 0.3) is 0 Å². The molecule has 2 rings (SSSR count).